The number of rotatable bonds is 3. The van der Waals surface area contributed by atoms with Crippen LogP contribution in [0.15, 0.2) is 30.7 Å². The Morgan fingerprint density at radius 2 is 2.33 bits per heavy atom. The van der Waals surface area contributed by atoms with Crippen LogP contribution >= 0.6 is 0 Å². The number of carbonyl (C=O) groups excluding carboxylic acids is 1. The molecule has 3 rings (SSSR count). The number of nitrogens with one attached hydrogen (secondary N) is 2. The second kappa shape index (κ2) is 5.95. The summed E-state index contributed by atoms with van der Waals surface area (Å²) in [4.78, 5) is 20.3. The maximum atomic E-state index is 11.9. The topological polar surface area (TPSA) is 71.8 Å². The Hall–Kier alpha value is -2.37. The zero-order valence-corrected chi connectivity index (χ0v) is 12.0. The first-order chi connectivity index (χ1) is 10.2. The minimum atomic E-state index is -0.169. The summed E-state index contributed by atoms with van der Waals surface area (Å²) in [5.41, 5.74) is 1.65. The predicted molar refractivity (Wildman–Crippen MR) is 80.0 cm³/mol. The number of amides is 2. The number of fused-ring (bicyclic) bond motifs is 1. The van der Waals surface area contributed by atoms with Gasteiger partial charge >= 0.3 is 6.03 Å². The summed E-state index contributed by atoms with van der Waals surface area (Å²) >= 11 is 0. The second-order valence-electron chi connectivity index (χ2n) is 5.42. The van der Waals surface area contributed by atoms with Crippen molar-refractivity contribution < 1.29 is 4.79 Å². The van der Waals surface area contributed by atoms with Gasteiger partial charge in [-0.3, -0.25) is 4.98 Å². The lowest BCUT2D eigenvalue weighted by Crippen LogP contribution is -2.36. The molecular weight excluding hydrogens is 266 g/mol. The number of pyridine rings is 1. The van der Waals surface area contributed by atoms with Crippen molar-refractivity contribution >= 4 is 11.7 Å². The van der Waals surface area contributed by atoms with Gasteiger partial charge in [-0.25, -0.2) is 9.78 Å². The van der Waals surface area contributed by atoms with E-state index in [1.807, 2.05) is 25.4 Å². The fourth-order valence-corrected chi connectivity index (χ4v) is 2.64. The molecule has 0 saturated heterocycles. The number of aryl methyl sites for hydroxylation is 2. The summed E-state index contributed by atoms with van der Waals surface area (Å²) in [5, 5.41) is 5.77. The van der Waals surface area contributed by atoms with Gasteiger partial charge in [0.15, 0.2) is 0 Å². The number of hydrogen-bond donors (Lipinski definition) is 2. The predicted octanol–water partition coefficient (Wildman–Crippen LogP) is 1.97. The SMILES string of the molecule is Cc1cc(NC(=O)NCC2CCc3nccn3C2)ccn1. The van der Waals surface area contributed by atoms with Crippen molar-refractivity contribution in [3.05, 3.63) is 42.2 Å². The Labute approximate surface area is 123 Å². The molecule has 0 bridgehead atoms. The highest BCUT2D eigenvalue weighted by Gasteiger charge is 2.19. The number of carbonyl (C=O) groups is 1. The van der Waals surface area contributed by atoms with E-state index in [4.69, 9.17) is 0 Å². The van der Waals surface area contributed by atoms with Crippen LogP contribution in [0.25, 0.3) is 0 Å². The molecule has 2 amide bonds. The highest BCUT2D eigenvalue weighted by Crippen LogP contribution is 2.17. The summed E-state index contributed by atoms with van der Waals surface area (Å²) in [6, 6.07) is 3.46. The molecule has 6 nitrogen and oxygen atoms in total. The molecular formula is C15H19N5O. The van der Waals surface area contributed by atoms with Crippen LogP contribution in [0.1, 0.15) is 17.9 Å². The zero-order valence-electron chi connectivity index (χ0n) is 12.0. The van der Waals surface area contributed by atoms with Crippen LogP contribution in [-0.2, 0) is 13.0 Å². The van der Waals surface area contributed by atoms with Gasteiger partial charge in [-0.1, -0.05) is 0 Å². The number of anilines is 1. The first kappa shape index (κ1) is 13.6. The van der Waals surface area contributed by atoms with Gasteiger partial charge in [0.05, 0.1) is 0 Å². The van der Waals surface area contributed by atoms with Crippen molar-refractivity contribution in [2.24, 2.45) is 5.92 Å². The Morgan fingerprint density at radius 3 is 3.19 bits per heavy atom. The highest BCUT2D eigenvalue weighted by molar-refractivity contribution is 5.89. The van der Waals surface area contributed by atoms with E-state index in [0.717, 1.165) is 36.6 Å². The molecule has 21 heavy (non-hydrogen) atoms. The van der Waals surface area contributed by atoms with Gasteiger partial charge in [0.1, 0.15) is 5.82 Å². The molecule has 1 atom stereocenters. The lowest BCUT2D eigenvalue weighted by molar-refractivity contribution is 0.247. The van der Waals surface area contributed by atoms with Gasteiger partial charge in [0.2, 0.25) is 0 Å². The zero-order chi connectivity index (χ0) is 14.7. The van der Waals surface area contributed by atoms with Gasteiger partial charge in [-0.15, -0.1) is 0 Å². The van der Waals surface area contributed by atoms with Gasteiger partial charge in [-0.05, 0) is 31.4 Å². The maximum Gasteiger partial charge on any atom is 0.319 e. The van der Waals surface area contributed by atoms with Gasteiger partial charge < -0.3 is 15.2 Å². The summed E-state index contributed by atoms with van der Waals surface area (Å²) in [6.45, 7) is 3.49. The van der Waals surface area contributed by atoms with E-state index >= 15 is 0 Å². The van der Waals surface area contributed by atoms with E-state index < -0.39 is 0 Å². The summed E-state index contributed by atoms with van der Waals surface area (Å²) in [7, 11) is 0. The molecule has 0 fully saturated rings. The molecule has 1 aliphatic rings. The molecule has 0 radical (unpaired) electrons. The van der Waals surface area contributed by atoms with Crippen LogP contribution in [0, 0.1) is 12.8 Å². The minimum absolute atomic E-state index is 0.169. The Bertz CT molecular complexity index is 636. The quantitative estimate of drug-likeness (QED) is 0.905. The lowest BCUT2D eigenvalue weighted by atomic mass is 9.99. The third-order valence-electron chi connectivity index (χ3n) is 3.74. The molecule has 0 aliphatic carbocycles. The molecule has 2 N–H and O–H groups in total. The molecule has 110 valence electrons. The third-order valence-corrected chi connectivity index (χ3v) is 3.74. The molecule has 0 saturated carbocycles. The minimum Gasteiger partial charge on any atom is -0.338 e. The fourth-order valence-electron chi connectivity index (χ4n) is 2.64. The van der Waals surface area contributed by atoms with Crippen LogP contribution in [0.4, 0.5) is 10.5 Å². The van der Waals surface area contributed by atoms with Crippen molar-refractivity contribution in [2.75, 3.05) is 11.9 Å². The molecule has 1 unspecified atom stereocenters. The van der Waals surface area contributed by atoms with Crippen LogP contribution < -0.4 is 10.6 Å². The van der Waals surface area contributed by atoms with E-state index in [0.29, 0.717) is 12.5 Å². The van der Waals surface area contributed by atoms with Crippen molar-refractivity contribution in [1.82, 2.24) is 19.9 Å². The number of urea groups is 1. The summed E-state index contributed by atoms with van der Waals surface area (Å²) in [5.74, 6) is 1.60. The smallest absolute Gasteiger partial charge is 0.319 e. The molecule has 3 heterocycles. The van der Waals surface area contributed by atoms with Crippen LogP contribution in [-0.4, -0.2) is 27.1 Å². The second-order valence-corrected chi connectivity index (χ2v) is 5.42. The number of aromatic nitrogens is 3. The molecule has 2 aromatic heterocycles. The van der Waals surface area contributed by atoms with Crippen molar-refractivity contribution in [1.29, 1.82) is 0 Å². The molecule has 0 spiro atoms. The summed E-state index contributed by atoms with van der Waals surface area (Å²) < 4.78 is 2.17. The van der Waals surface area contributed by atoms with Gasteiger partial charge in [-0.2, -0.15) is 0 Å². The monoisotopic (exact) mass is 285 g/mol. The van der Waals surface area contributed by atoms with Crippen LogP contribution in [0.3, 0.4) is 0 Å². The van der Waals surface area contributed by atoms with E-state index in [1.165, 1.54) is 0 Å². The number of imidazole rings is 1. The number of nitrogens with zero attached hydrogens (tertiary/aromatic N) is 3. The fraction of sp³-hybridized carbons (Fsp3) is 0.400. The van der Waals surface area contributed by atoms with E-state index in [2.05, 4.69) is 25.2 Å². The first-order valence-corrected chi connectivity index (χ1v) is 7.18. The number of hydrogen-bond acceptors (Lipinski definition) is 3. The van der Waals surface area contributed by atoms with Gasteiger partial charge in [0.25, 0.3) is 0 Å². The van der Waals surface area contributed by atoms with Crippen LogP contribution in [0.2, 0.25) is 0 Å². The largest absolute Gasteiger partial charge is 0.338 e. The van der Waals surface area contributed by atoms with Crippen molar-refractivity contribution in [3.8, 4) is 0 Å². The average molecular weight is 285 g/mol. The lowest BCUT2D eigenvalue weighted by Gasteiger charge is -2.24. The van der Waals surface area contributed by atoms with Gasteiger partial charge in [0, 0.05) is 49.5 Å². The van der Waals surface area contributed by atoms with Crippen LogP contribution in [0.5, 0.6) is 0 Å². The molecule has 0 aromatic carbocycles. The third kappa shape index (κ3) is 3.39. The summed E-state index contributed by atoms with van der Waals surface area (Å²) in [6.07, 6.45) is 7.56. The normalized spacial score (nSPS) is 17.1. The maximum absolute atomic E-state index is 11.9. The van der Waals surface area contributed by atoms with E-state index in [9.17, 15) is 4.79 Å². The van der Waals surface area contributed by atoms with E-state index in [-0.39, 0.29) is 6.03 Å². The standard InChI is InChI=1S/C15H19N5O/c1-11-8-13(4-5-16-11)19-15(21)18-9-12-2-3-14-17-6-7-20(14)10-12/h4-8,12H,2-3,9-10H2,1H3,(H2,16,18,19,21). The van der Waals surface area contributed by atoms with Crippen molar-refractivity contribution in [3.63, 3.8) is 0 Å². The Morgan fingerprint density at radius 1 is 1.43 bits per heavy atom. The average Bonchev–Trinajstić information content (AvgIpc) is 2.92. The Balaban J connectivity index is 1.48. The first-order valence-electron chi connectivity index (χ1n) is 7.18. The highest BCUT2D eigenvalue weighted by atomic mass is 16.2. The molecule has 2 aromatic rings. The molecule has 6 heteroatoms. The molecule has 1 aliphatic heterocycles. The van der Waals surface area contributed by atoms with Crippen molar-refractivity contribution in [2.45, 2.75) is 26.3 Å². The Kier molecular flexibility index (Phi) is 3.85. The van der Waals surface area contributed by atoms with E-state index in [1.54, 1.807) is 12.3 Å².